The first kappa shape index (κ1) is 13.0. The van der Waals surface area contributed by atoms with Crippen molar-refractivity contribution in [2.24, 2.45) is 0 Å². The van der Waals surface area contributed by atoms with E-state index in [-0.39, 0.29) is 12.8 Å². The van der Waals surface area contributed by atoms with Crippen LogP contribution in [0.5, 0.6) is 11.5 Å². The van der Waals surface area contributed by atoms with Crippen LogP contribution in [-0.2, 0) is 16.0 Å². The third kappa shape index (κ3) is 4.14. The summed E-state index contributed by atoms with van der Waals surface area (Å²) in [6.07, 6.45) is 0.260. The summed E-state index contributed by atoms with van der Waals surface area (Å²) in [5.74, 6) is -0.367. The number of rotatable bonds is 5. The lowest BCUT2D eigenvalue weighted by atomic mass is 10.1. The van der Waals surface area contributed by atoms with Gasteiger partial charge in [-0.15, -0.1) is 0 Å². The van der Waals surface area contributed by atoms with E-state index >= 15 is 0 Å². The molecule has 0 aliphatic rings. The number of carbonyl (C=O) groups excluding carboxylic acids is 1. The molecule has 0 aliphatic heterocycles. The Morgan fingerprint density at radius 3 is 2.59 bits per heavy atom. The summed E-state index contributed by atoms with van der Waals surface area (Å²) in [4.78, 5) is 21.4. The number of carboxylic acids is 1. The third-order valence-corrected chi connectivity index (χ3v) is 2.13. The van der Waals surface area contributed by atoms with Crippen LogP contribution in [-0.4, -0.2) is 24.2 Å². The molecule has 0 radical (unpaired) electrons. The van der Waals surface area contributed by atoms with Crippen molar-refractivity contribution in [3.8, 4) is 11.5 Å². The minimum Gasteiger partial charge on any atom is -0.497 e. The van der Waals surface area contributed by atoms with Gasteiger partial charge in [0.1, 0.15) is 11.5 Å². The first-order valence-electron chi connectivity index (χ1n) is 5.10. The van der Waals surface area contributed by atoms with Crippen molar-refractivity contribution in [2.75, 3.05) is 7.11 Å². The molecule has 0 spiro atoms. The maximum absolute atomic E-state index is 10.9. The second-order valence-electron chi connectivity index (χ2n) is 3.46. The summed E-state index contributed by atoms with van der Waals surface area (Å²) in [5, 5.41) is 8.64. The number of methoxy groups -OCH3 is 1. The summed E-state index contributed by atoms with van der Waals surface area (Å²) in [6.45, 7) is 1.30. The van der Waals surface area contributed by atoms with E-state index < -0.39 is 11.9 Å². The maximum Gasteiger partial charge on any atom is 0.308 e. The number of hydrogen-bond donors (Lipinski definition) is 1. The zero-order valence-corrected chi connectivity index (χ0v) is 9.73. The monoisotopic (exact) mass is 238 g/mol. The van der Waals surface area contributed by atoms with Crippen LogP contribution in [0.25, 0.3) is 0 Å². The standard InChI is InChI=1S/C12H14O5/c1-8(13)17-11-5-4-10(16-2)7-9(11)3-6-12(14)15/h4-5,7H,3,6H2,1-2H3,(H,14,15). The van der Waals surface area contributed by atoms with Gasteiger partial charge in [0.25, 0.3) is 0 Å². The van der Waals surface area contributed by atoms with Crippen molar-refractivity contribution in [1.82, 2.24) is 0 Å². The number of benzene rings is 1. The molecule has 92 valence electrons. The highest BCUT2D eigenvalue weighted by Gasteiger charge is 2.09. The number of carboxylic acid groups (broad SMARTS) is 1. The van der Waals surface area contributed by atoms with Crippen LogP contribution >= 0.6 is 0 Å². The molecule has 17 heavy (non-hydrogen) atoms. The van der Waals surface area contributed by atoms with Crippen molar-refractivity contribution in [2.45, 2.75) is 19.8 Å². The zero-order chi connectivity index (χ0) is 12.8. The SMILES string of the molecule is COc1ccc(OC(C)=O)c(CCC(=O)O)c1. The van der Waals surface area contributed by atoms with Gasteiger partial charge in [-0.1, -0.05) is 0 Å². The van der Waals surface area contributed by atoms with Gasteiger partial charge in [0.15, 0.2) is 0 Å². The van der Waals surface area contributed by atoms with Crippen molar-refractivity contribution < 1.29 is 24.2 Å². The van der Waals surface area contributed by atoms with Crippen molar-refractivity contribution in [1.29, 1.82) is 0 Å². The Bertz CT molecular complexity index is 425. The molecule has 5 nitrogen and oxygen atoms in total. The van der Waals surface area contributed by atoms with E-state index in [4.69, 9.17) is 14.6 Å². The van der Waals surface area contributed by atoms with Crippen LogP contribution in [0.3, 0.4) is 0 Å². The molecular formula is C12H14O5. The van der Waals surface area contributed by atoms with Crippen LogP contribution in [0.1, 0.15) is 18.9 Å². The Labute approximate surface area is 99.0 Å². The van der Waals surface area contributed by atoms with E-state index in [1.807, 2.05) is 0 Å². The fourth-order valence-corrected chi connectivity index (χ4v) is 1.37. The van der Waals surface area contributed by atoms with E-state index in [0.29, 0.717) is 17.1 Å². The van der Waals surface area contributed by atoms with Gasteiger partial charge in [0.2, 0.25) is 0 Å². The summed E-state index contributed by atoms with van der Waals surface area (Å²) in [5.41, 5.74) is 0.641. The van der Waals surface area contributed by atoms with E-state index in [1.54, 1.807) is 18.2 Å². The van der Waals surface area contributed by atoms with Gasteiger partial charge in [0.05, 0.1) is 7.11 Å². The molecule has 0 atom stereocenters. The highest BCUT2D eigenvalue weighted by Crippen LogP contribution is 2.25. The van der Waals surface area contributed by atoms with Crippen LogP contribution in [0.4, 0.5) is 0 Å². The van der Waals surface area contributed by atoms with Crippen molar-refractivity contribution in [3.05, 3.63) is 23.8 Å². The minimum atomic E-state index is -0.901. The number of ether oxygens (including phenoxy) is 2. The van der Waals surface area contributed by atoms with Crippen molar-refractivity contribution in [3.63, 3.8) is 0 Å². The van der Waals surface area contributed by atoms with Gasteiger partial charge in [-0.2, -0.15) is 0 Å². The summed E-state index contributed by atoms with van der Waals surface area (Å²) < 4.78 is 10.0. The Hall–Kier alpha value is -2.04. The predicted molar refractivity (Wildman–Crippen MR) is 60.3 cm³/mol. The predicted octanol–water partition coefficient (Wildman–Crippen LogP) is 1.64. The van der Waals surface area contributed by atoms with Gasteiger partial charge >= 0.3 is 11.9 Å². The minimum absolute atomic E-state index is 0.0264. The third-order valence-electron chi connectivity index (χ3n) is 2.13. The quantitative estimate of drug-likeness (QED) is 0.623. The Morgan fingerprint density at radius 1 is 1.35 bits per heavy atom. The summed E-state index contributed by atoms with van der Waals surface area (Å²) in [6, 6.07) is 4.92. The number of hydrogen-bond acceptors (Lipinski definition) is 4. The zero-order valence-electron chi connectivity index (χ0n) is 9.73. The topological polar surface area (TPSA) is 72.8 Å². The van der Waals surface area contributed by atoms with Gasteiger partial charge in [-0.25, -0.2) is 0 Å². The summed E-state index contributed by atoms with van der Waals surface area (Å²) >= 11 is 0. The molecule has 0 fully saturated rings. The lowest BCUT2D eigenvalue weighted by Gasteiger charge is -2.09. The lowest BCUT2D eigenvalue weighted by molar-refractivity contribution is -0.137. The number of carbonyl (C=O) groups is 2. The van der Waals surface area contributed by atoms with Gasteiger partial charge < -0.3 is 14.6 Å². The Balaban J connectivity index is 2.93. The fourth-order valence-electron chi connectivity index (χ4n) is 1.37. The highest BCUT2D eigenvalue weighted by molar-refractivity contribution is 5.70. The highest BCUT2D eigenvalue weighted by atomic mass is 16.5. The molecule has 0 aliphatic carbocycles. The lowest BCUT2D eigenvalue weighted by Crippen LogP contribution is -2.05. The molecule has 5 heteroatoms. The smallest absolute Gasteiger partial charge is 0.308 e. The van der Waals surface area contributed by atoms with E-state index in [0.717, 1.165) is 0 Å². The van der Waals surface area contributed by atoms with Gasteiger partial charge in [0, 0.05) is 13.3 Å². The van der Waals surface area contributed by atoms with Gasteiger partial charge in [-0.3, -0.25) is 9.59 Å². The fraction of sp³-hybridized carbons (Fsp3) is 0.333. The summed E-state index contributed by atoms with van der Waals surface area (Å²) in [7, 11) is 1.52. The molecular weight excluding hydrogens is 224 g/mol. The van der Waals surface area contributed by atoms with E-state index in [1.165, 1.54) is 14.0 Å². The molecule has 0 unspecified atom stereocenters. The molecule has 1 N–H and O–H groups in total. The number of aliphatic carboxylic acids is 1. The second kappa shape index (κ2) is 5.89. The largest absolute Gasteiger partial charge is 0.497 e. The maximum atomic E-state index is 10.9. The molecule has 1 aromatic carbocycles. The molecule has 1 rings (SSSR count). The molecule has 1 aromatic rings. The Morgan fingerprint density at radius 2 is 2.06 bits per heavy atom. The average molecular weight is 238 g/mol. The van der Waals surface area contributed by atoms with Crippen LogP contribution in [0.15, 0.2) is 18.2 Å². The second-order valence-corrected chi connectivity index (χ2v) is 3.46. The first-order valence-corrected chi connectivity index (χ1v) is 5.10. The van der Waals surface area contributed by atoms with E-state index in [9.17, 15) is 9.59 Å². The molecule has 0 bridgehead atoms. The van der Waals surface area contributed by atoms with Crippen molar-refractivity contribution >= 4 is 11.9 Å². The van der Waals surface area contributed by atoms with Gasteiger partial charge in [-0.05, 0) is 30.2 Å². The van der Waals surface area contributed by atoms with E-state index in [2.05, 4.69) is 0 Å². The molecule has 0 saturated carbocycles. The average Bonchev–Trinajstić information content (AvgIpc) is 2.27. The molecule has 0 saturated heterocycles. The normalized spacial score (nSPS) is 9.76. The van der Waals surface area contributed by atoms with Crippen LogP contribution < -0.4 is 9.47 Å². The molecule has 0 heterocycles. The number of esters is 1. The Kier molecular flexibility index (Phi) is 4.51. The molecule has 0 amide bonds. The van der Waals surface area contributed by atoms with Crippen LogP contribution in [0.2, 0.25) is 0 Å². The molecule has 0 aromatic heterocycles. The first-order chi connectivity index (χ1) is 8.02. The van der Waals surface area contributed by atoms with Crippen LogP contribution in [0, 0.1) is 0 Å². The number of aryl methyl sites for hydroxylation is 1.